The van der Waals surface area contributed by atoms with Crippen molar-refractivity contribution in [2.24, 2.45) is 0 Å². The zero-order chi connectivity index (χ0) is 30.2. The van der Waals surface area contributed by atoms with E-state index in [1.807, 2.05) is 0 Å². The smallest absolute Gasteiger partial charge is 0.119 e. The van der Waals surface area contributed by atoms with Gasteiger partial charge in [0, 0.05) is 42.7 Å². The lowest BCUT2D eigenvalue weighted by molar-refractivity contribution is 0.170. The molecule has 2 aromatic rings. The lowest BCUT2D eigenvalue weighted by Crippen LogP contribution is -2.38. The molecule has 0 aliphatic heterocycles. The predicted octanol–water partition coefficient (Wildman–Crippen LogP) is 4.53. The molecule has 1 atom stereocenters. The maximum Gasteiger partial charge on any atom is 0.119 e. The number of phenolic OH excluding ortho intramolecular Hbond substituents is 1. The molecule has 0 aliphatic rings. The van der Waals surface area contributed by atoms with Crippen molar-refractivity contribution in [1.29, 1.82) is 0 Å². The molecule has 0 radical (unpaired) electrons. The van der Waals surface area contributed by atoms with Gasteiger partial charge < -0.3 is 10.2 Å². The molecular weight excluding hydrogens is 310 g/mol. The van der Waals surface area contributed by atoms with Crippen molar-refractivity contribution in [3.63, 3.8) is 0 Å². The molecule has 0 bridgehead atoms. The number of benzene rings is 2. The van der Waals surface area contributed by atoms with E-state index in [-0.39, 0.29) is 16.2 Å². The molecule has 0 heterocycles. The Kier molecular flexibility index (Phi) is 2.82. The van der Waals surface area contributed by atoms with Crippen LogP contribution in [-0.4, -0.2) is 33.7 Å². The van der Waals surface area contributed by atoms with Gasteiger partial charge in [-0.15, -0.1) is 0 Å². The minimum Gasteiger partial charge on any atom is -0.508 e. The molecule has 3 nitrogen and oxygen atoms in total. The monoisotopic (exact) mass is 355 g/mol. The summed E-state index contributed by atoms with van der Waals surface area (Å²) >= 11 is 0. The average Bonchev–Trinajstić information content (AvgIpc) is 2.79. The summed E-state index contributed by atoms with van der Waals surface area (Å²) in [7, 11) is 0. The van der Waals surface area contributed by atoms with Crippen LogP contribution in [-0.2, 0) is 6.61 Å². The Hall–Kier alpha value is -1.84. The second kappa shape index (κ2) is 9.02. The third-order valence-electron chi connectivity index (χ3n) is 4.03. The van der Waals surface area contributed by atoms with Crippen molar-refractivity contribution in [3.05, 3.63) is 65.2 Å². The van der Waals surface area contributed by atoms with E-state index in [9.17, 15) is 10.2 Å². The predicted molar refractivity (Wildman–Crippen MR) is 104 cm³/mol. The first-order valence-electron chi connectivity index (χ1n) is 14.8. The molecular formula is C22H31NO2. The number of nitrogens with zero attached hydrogens (tertiary/aromatic N) is 1. The van der Waals surface area contributed by atoms with Crippen LogP contribution < -0.4 is 0 Å². The largest absolute Gasteiger partial charge is 0.508 e. The van der Waals surface area contributed by atoms with Gasteiger partial charge in [-0.2, -0.15) is 0 Å². The van der Waals surface area contributed by atoms with Crippen LogP contribution in [0.5, 0.6) is 5.75 Å². The van der Waals surface area contributed by atoms with Gasteiger partial charge >= 0.3 is 0 Å². The number of rotatable bonds is 8. The molecule has 2 N–H and O–H groups in total. The molecule has 0 saturated carbocycles. The number of aliphatic hydroxyl groups is 1. The van der Waals surface area contributed by atoms with Crippen molar-refractivity contribution >= 4 is 0 Å². The molecule has 2 rings (SSSR count). The Morgan fingerprint density at radius 2 is 1.72 bits per heavy atom. The van der Waals surface area contributed by atoms with Crippen molar-refractivity contribution < 1.29 is 29.4 Å². The first-order valence-corrected chi connectivity index (χ1v) is 7.79. The van der Waals surface area contributed by atoms with Crippen LogP contribution in [0, 0.1) is 0 Å². The molecule has 0 saturated heterocycles. The molecule has 2 aromatic carbocycles. The van der Waals surface area contributed by atoms with E-state index in [2.05, 4.69) is 0 Å². The Morgan fingerprint density at radius 1 is 1.04 bits per heavy atom. The highest BCUT2D eigenvalue weighted by Crippen LogP contribution is 2.35. The molecule has 25 heavy (non-hydrogen) atoms. The van der Waals surface area contributed by atoms with E-state index in [4.69, 9.17) is 19.2 Å². The SMILES string of the molecule is [2H]C([2H])([2H])C([2H])(N(CCC(c1ccccc1)c1cc(CO)ccc1O)C([2H])(C([2H])([2H])[2H])C([2H])([2H])[2H])C([2H])([2H])[2H]. The summed E-state index contributed by atoms with van der Waals surface area (Å²) in [4.78, 5) is -0.0666. The third kappa shape index (κ3) is 5.07. The lowest BCUT2D eigenvalue weighted by atomic mass is 9.86. The van der Waals surface area contributed by atoms with Gasteiger partial charge in [0.25, 0.3) is 0 Å². The van der Waals surface area contributed by atoms with Crippen LogP contribution in [0.25, 0.3) is 0 Å². The van der Waals surface area contributed by atoms with E-state index in [0.29, 0.717) is 11.1 Å². The fraction of sp³-hybridized carbons (Fsp3) is 0.455. The Bertz CT molecular complexity index is 1040. The van der Waals surface area contributed by atoms with Gasteiger partial charge in [0.15, 0.2) is 0 Å². The first kappa shape index (κ1) is 7.81. The average molecular weight is 356 g/mol. The van der Waals surface area contributed by atoms with Crippen LogP contribution >= 0.6 is 0 Å². The summed E-state index contributed by atoms with van der Waals surface area (Å²) in [5.41, 5.74) is 1.09. The third-order valence-corrected chi connectivity index (χ3v) is 4.03. The number of aromatic hydroxyl groups is 1. The van der Waals surface area contributed by atoms with Crippen molar-refractivity contribution in [2.75, 3.05) is 6.54 Å². The number of aliphatic hydroxyl groups excluding tert-OH is 1. The Balaban J connectivity index is 2.85. The zero-order valence-corrected chi connectivity index (χ0v) is 13.7. The van der Waals surface area contributed by atoms with Crippen molar-refractivity contribution in [2.45, 2.75) is 58.4 Å². The Morgan fingerprint density at radius 3 is 2.32 bits per heavy atom. The van der Waals surface area contributed by atoms with Gasteiger partial charge in [-0.25, -0.2) is 0 Å². The van der Waals surface area contributed by atoms with Gasteiger partial charge in [-0.3, -0.25) is 4.90 Å². The van der Waals surface area contributed by atoms with Gasteiger partial charge in [0.2, 0.25) is 0 Å². The highest BCUT2D eigenvalue weighted by atomic mass is 16.3. The molecule has 0 spiro atoms. The minimum absolute atomic E-state index is 0.0666. The standard InChI is InChI=1S/C22H31NO2/c1-16(2)23(17(3)4)13-12-20(19-8-6-5-7-9-19)21-14-18(15-24)10-11-22(21)25/h5-11,14,16-17,20,24-25H,12-13,15H2,1-4H3/i1D3,2D3,3D3,4D3,16D,17D. The second-order valence-corrected chi connectivity index (χ2v) is 5.65. The van der Waals surface area contributed by atoms with Crippen molar-refractivity contribution in [1.82, 2.24) is 4.90 Å². The number of phenols is 1. The summed E-state index contributed by atoms with van der Waals surface area (Å²) in [5, 5.41) is 20.2. The molecule has 136 valence electrons. The molecule has 3 heteroatoms. The van der Waals surface area contributed by atoms with Gasteiger partial charge in [-0.05, 0) is 63.6 Å². The van der Waals surface area contributed by atoms with Crippen LogP contribution in [0.2, 0.25) is 0 Å². The van der Waals surface area contributed by atoms with E-state index in [1.165, 1.54) is 18.2 Å². The molecule has 0 aliphatic carbocycles. The second-order valence-electron chi connectivity index (χ2n) is 5.65. The van der Waals surface area contributed by atoms with E-state index in [1.54, 1.807) is 30.3 Å². The maximum atomic E-state index is 10.6. The molecule has 0 aromatic heterocycles. The van der Waals surface area contributed by atoms with Gasteiger partial charge in [0.1, 0.15) is 5.75 Å². The lowest BCUT2D eigenvalue weighted by Gasteiger charge is -2.32. The quantitative estimate of drug-likeness (QED) is 0.731. The normalized spacial score (nSPS) is 24.1. The molecule has 0 amide bonds. The summed E-state index contributed by atoms with van der Waals surface area (Å²) in [5.74, 6) is -1.16. The summed E-state index contributed by atoms with van der Waals surface area (Å²) in [6.45, 7) is -16.5. The molecule has 1 unspecified atom stereocenters. The highest BCUT2D eigenvalue weighted by Gasteiger charge is 2.21. The highest BCUT2D eigenvalue weighted by molar-refractivity contribution is 5.43. The van der Waals surface area contributed by atoms with Crippen LogP contribution in [0.4, 0.5) is 0 Å². The number of hydrogen-bond donors (Lipinski definition) is 2. The molecule has 0 fully saturated rings. The summed E-state index contributed by atoms with van der Waals surface area (Å²) in [6, 6.07) is 4.79. The van der Waals surface area contributed by atoms with Gasteiger partial charge in [0.05, 0.1) is 6.61 Å². The van der Waals surface area contributed by atoms with Gasteiger partial charge in [-0.1, -0.05) is 36.4 Å². The Labute approximate surface area is 171 Å². The fourth-order valence-electron chi connectivity index (χ4n) is 2.76. The fourth-order valence-corrected chi connectivity index (χ4v) is 2.76. The van der Waals surface area contributed by atoms with Crippen LogP contribution in [0.15, 0.2) is 48.5 Å². The number of hydrogen-bond acceptors (Lipinski definition) is 3. The maximum absolute atomic E-state index is 10.6. The zero-order valence-electron chi connectivity index (χ0n) is 27.7. The van der Waals surface area contributed by atoms with Crippen LogP contribution in [0.3, 0.4) is 0 Å². The van der Waals surface area contributed by atoms with E-state index < -0.39 is 64.9 Å². The summed E-state index contributed by atoms with van der Waals surface area (Å²) < 4.78 is 112. The first-order chi connectivity index (χ1) is 17.5. The topological polar surface area (TPSA) is 43.7 Å². The van der Waals surface area contributed by atoms with E-state index in [0.717, 1.165) is 0 Å². The van der Waals surface area contributed by atoms with Crippen LogP contribution in [0.1, 0.15) is 75.6 Å². The minimum atomic E-state index is -3.82. The van der Waals surface area contributed by atoms with Crippen molar-refractivity contribution in [3.8, 4) is 5.75 Å². The summed E-state index contributed by atoms with van der Waals surface area (Å²) in [6.07, 6.45) is -0.397. The van der Waals surface area contributed by atoms with E-state index >= 15 is 0 Å².